The Morgan fingerprint density at radius 3 is 2.45 bits per heavy atom. The van der Waals surface area contributed by atoms with Gasteiger partial charge in [-0.25, -0.2) is 0 Å². The van der Waals surface area contributed by atoms with Gasteiger partial charge < -0.3 is 4.90 Å². The molecule has 1 amide bonds. The van der Waals surface area contributed by atoms with E-state index in [9.17, 15) is 4.79 Å². The Balaban J connectivity index is 2.16. The molecule has 0 saturated heterocycles. The van der Waals surface area contributed by atoms with E-state index in [0.717, 1.165) is 34.5 Å². The molecule has 1 aromatic heterocycles. The summed E-state index contributed by atoms with van der Waals surface area (Å²) >= 11 is 1.68. The van der Waals surface area contributed by atoms with Crippen molar-refractivity contribution in [3.05, 3.63) is 59.5 Å². The molecule has 2 nitrogen and oxygen atoms in total. The third-order valence-electron chi connectivity index (χ3n) is 3.95. The lowest BCUT2D eigenvalue weighted by Crippen LogP contribution is -2.30. The molecule has 3 heteroatoms. The average molecular weight is 309 g/mol. The Morgan fingerprint density at radius 1 is 1.05 bits per heavy atom. The quantitative estimate of drug-likeness (QED) is 0.660. The van der Waals surface area contributed by atoms with Gasteiger partial charge in [0.15, 0.2) is 0 Å². The highest BCUT2D eigenvalue weighted by Gasteiger charge is 2.16. The number of carbonyl (C=O) groups excluding carboxylic acids is 1. The molecule has 2 aromatic carbocycles. The summed E-state index contributed by atoms with van der Waals surface area (Å²) in [6, 6.07) is 16.5. The first kappa shape index (κ1) is 14.8. The van der Waals surface area contributed by atoms with Crippen molar-refractivity contribution in [2.75, 3.05) is 13.1 Å². The maximum atomic E-state index is 12.7. The molecule has 0 atom stereocenters. The van der Waals surface area contributed by atoms with E-state index in [1.807, 2.05) is 49.1 Å². The number of amides is 1. The molecule has 0 unspecified atom stereocenters. The van der Waals surface area contributed by atoms with Gasteiger partial charge in [-0.05, 0) is 48.6 Å². The fourth-order valence-electron chi connectivity index (χ4n) is 2.74. The van der Waals surface area contributed by atoms with Crippen LogP contribution in [0.1, 0.15) is 24.2 Å². The van der Waals surface area contributed by atoms with E-state index in [2.05, 4.69) is 23.6 Å². The number of fused-ring (bicyclic) bond motifs is 1. The Kier molecular flexibility index (Phi) is 4.25. The lowest BCUT2D eigenvalue weighted by molar-refractivity contribution is 0.0773. The van der Waals surface area contributed by atoms with Crippen LogP contribution in [0.15, 0.2) is 53.9 Å². The van der Waals surface area contributed by atoms with Gasteiger partial charge in [-0.3, -0.25) is 4.79 Å². The number of nitrogens with zero attached hydrogens (tertiary/aromatic N) is 1. The minimum atomic E-state index is 0.109. The summed E-state index contributed by atoms with van der Waals surface area (Å²) in [6.07, 6.45) is 0. The van der Waals surface area contributed by atoms with E-state index in [4.69, 9.17) is 0 Å². The van der Waals surface area contributed by atoms with E-state index >= 15 is 0 Å². The van der Waals surface area contributed by atoms with E-state index in [-0.39, 0.29) is 5.91 Å². The van der Waals surface area contributed by atoms with Crippen molar-refractivity contribution < 1.29 is 4.79 Å². The molecule has 0 radical (unpaired) electrons. The summed E-state index contributed by atoms with van der Waals surface area (Å²) in [7, 11) is 0. The second kappa shape index (κ2) is 6.32. The fourth-order valence-corrected chi connectivity index (χ4v) is 3.60. The maximum Gasteiger partial charge on any atom is 0.253 e. The number of rotatable bonds is 4. The molecule has 0 fully saturated rings. The van der Waals surface area contributed by atoms with Crippen molar-refractivity contribution in [2.24, 2.45) is 0 Å². The molecule has 3 rings (SSSR count). The van der Waals surface area contributed by atoms with Crippen LogP contribution in [0, 0.1) is 0 Å². The highest BCUT2D eigenvalue weighted by atomic mass is 32.1. The zero-order valence-electron chi connectivity index (χ0n) is 12.9. The van der Waals surface area contributed by atoms with Crippen molar-refractivity contribution in [3.63, 3.8) is 0 Å². The summed E-state index contributed by atoms with van der Waals surface area (Å²) < 4.78 is 1.16. The minimum absolute atomic E-state index is 0.109. The van der Waals surface area contributed by atoms with Crippen molar-refractivity contribution in [1.82, 2.24) is 4.90 Å². The van der Waals surface area contributed by atoms with Crippen LogP contribution in [0.5, 0.6) is 0 Å². The second-order valence-electron chi connectivity index (χ2n) is 5.20. The smallest absolute Gasteiger partial charge is 0.253 e. The molecule has 3 aromatic rings. The summed E-state index contributed by atoms with van der Waals surface area (Å²) in [6.45, 7) is 5.50. The maximum absolute atomic E-state index is 12.7. The highest BCUT2D eigenvalue weighted by Crippen LogP contribution is 2.33. The standard InChI is InChI=1S/C19H19NOS/c1-3-20(4-2)19(21)15-12-17(14-8-6-5-7-9-14)16-10-11-22-18(16)13-15/h5-13H,3-4H2,1-2H3. The highest BCUT2D eigenvalue weighted by molar-refractivity contribution is 7.17. The van der Waals surface area contributed by atoms with Gasteiger partial charge in [-0.2, -0.15) is 0 Å². The Labute approximate surface area is 135 Å². The molecule has 1 heterocycles. The Bertz CT molecular complexity index is 788. The molecule has 112 valence electrons. The summed E-state index contributed by atoms with van der Waals surface area (Å²) in [4.78, 5) is 14.6. The molecule has 0 bridgehead atoms. The van der Waals surface area contributed by atoms with E-state index in [1.165, 1.54) is 5.39 Å². The van der Waals surface area contributed by atoms with Crippen molar-refractivity contribution in [1.29, 1.82) is 0 Å². The molecule has 0 N–H and O–H groups in total. The first-order chi connectivity index (χ1) is 10.7. The first-order valence-electron chi connectivity index (χ1n) is 7.60. The normalized spacial score (nSPS) is 10.8. The predicted octanol–water partition coefficient (Wildman–Crippen LogP) is 5.05. The van der Waals surface area contributed by atoms with Crippen LogP contribution in [0.2, 0.25) is 0 Å². The molecule has 0 aliphatic carbocycles. The zero-order chi connectivity index (χ0) is 15.5. The van der Waals surface area contributed by atoms with Crippen molar-refractivity contribution in [3.8, 4) is 11.1 Å². The van der Waals surface area contributed by atoms with E-state index in [1.54, 1.807) is 11.3 Å². The summed E-state index contributed by atoms with van der Waals surface area (Å²) in [5.74, 6) is 0.109. The molecule has 0 aliphatic rings. The van der Waals surface area contributed by atoms with Crippen molar-refractivity contribution in [2.45, 2.75) is 13.8 Å². The zero-order valence-corrected chi connectivity index (χ0v) is 13.7. The Morgan fingerprint density at radius 2 is 1.77 bits per heavy atom. The lowest BCUT2D eigenvalue weighted by atomic mass is 9.99. The third kappa shape index (κ3) is 2.64. The predicted molar refractivity (Wildman–Crippen MR) is 94.5 cm³/mol. The van der Waals surface area contributed by atoms with Crippen LogP contribution < -0.4 is 0 Å². The van der Waals surface area contributed by atoms with Crippen LogP contribution in [0.25, 0.3) is 21.2 Å². The number of hydrogen-bond acceptors (Lipinski definition) is 2. The molecule has 0 saturated carbocycles. The van der Waals surface area contributed by atoms with Crippen LogP contribution in [-0.2, 0) is 0 Å². The van der Waals surface area contributed by atoms with Crippen LogP contribution in [-0.4, -0.2) is 23.9 Å². The van der Waals surface area contributed by atoms with Crippen LogP contribution in [0.3, 0.4) is 0 Å². The summed E-state index contributed by atoms with van der Waals surface area (Å²) in [5.41, 5.74) is 3.06. The van der Waals surface area contributed by atoms with Crippen LogP contribution in [0.4, 0.5) is 0 Å². The van der Waals surface area contributed by atoms with Gasteiger partial charge in [0.05, 0.1) is 0 Å². The number of carbonyl (C=O) groups is 1. The largest absolute Gasteiger partial charge is 0.339 e. The van der Waals surface area contributed by atoms with Gasteiger partial charge >= 0.3 is 0 Å². The van der Waals surface area contributed by atoms with Gasteiger partial charge in [0.25, 0.3) is 5.91 Å². The molecular formula is C19H19NOS. The SMILES string of the molecule is CCN(CC)C(=O)c1cc(-c2ccccc2)c2ccsc2c1. The van der Waals surface area contributed by atoms with Crippen molar-refractivity contribution >= 4 is 27.3 Å². The molecule has 0 spiro atoms. The summed E-state index contributed by atoms with van der Waals surface area (Å²) in [5, 5.41) is 3.30. The van der Waals surface area contributed by atoms with Crippen LogP contribution >= 0.6 is 11.3 Å². The molecule has 22 heavy (non-hydrogen) atoms. The third-order valence-corrected chi connectivity index (χ3v) is 4.82. The first-order valence-corrected chi connectivity index (χ1v) is 8.48. The fraction of sp³-hybridized carbons (Fsp3) is 0.211. The van der Waals surface area contributed by atoms with Gasteiger partial charge in [-0.15, -0.1) is 11.3 Å². The monoisotopic (exact) mass is 309 g/mol. The minimum Gasteiger partial charge on any atom is -0.339 e. The van der Waals surface area contributed by atoms with Gasteiger partial charge in [0, 0.05) is 28.7 Å². The van der Waals surface area contributed by atoms with E-state index in [0.29, 0.717) is 0 Å². The molecular weight excluding hydrogens is 290 g/mol. The van der Waals surface area contributed by atoms with Gasteiger partial charge in [0.1, 0.15) is 0 Å². The van der Waals surface area contributed by atoms with Gasteiger partial charge in [0.2, 0.25) is 0 Å². The average Bonchev–Trinajstić information content (AvgIpc) is 3.04. The second-order valence-corrected chi connectivity index (χ2v) is 6.15. The topological polar surface area (TPSA) is 20.3 Å². The molecule has 0 aliphatic heterocycles. The number of thiophene rings is 1. The Hall–Kier alpha value is -2.13. The lowest BCUT2D eigenvalue weighted by Gasteiger charge is -2.19. The van der Waals surface area contributed by atoms with E-state index < -0.39 is 0 Å². The van der Waals surface area contributed by atoms with Gasteiger partial charge in [-0.1, -0.05) is 30.3 Å². The number of benzene rings is 2. The number of hydrogen-bond donors (Lipinski definition) is 0.